The van der Waals surface area contributed by atoms with Crippen molar-refractivity contribution in [2.24, 2.45) is 0 Å². The standard InChI is InChI=1S/C17H14BrN5O5/c18-8-6-10(13-12(7-8)27-5-1-4-19-13)21-15(24)9-2-3-11-14(20-9)22-16(28-11)23-17(25)26/h2-3,6-7,19H,1,4-5H2,(H,21,24)(H,25,26)(H,20,22,23). The maximum atomic E-state index is 12.7. The number of amides is 2. The van der Waals surface area contributed by atoms with Gasteiger partial charge in [-0.05, 0) is 30.7 Å². The summed E-state index contributed by atoms with van der Waals surface area (Å²) in [5.74, 6) is 0.190. The first-order valence-corrected chi connectivity index (χ1v) is 9.08. The van der Waals surface area contributed by atoms with E-state index in [4.69, 9.17) is 14.3 Å². The van der Waals surface area contributed by atoms with Crippen molar-refractivity contribution in [1.29, 1.82) is 0 Å². The molecule has 1 aliphatic heterocycles. The Hall–Kier alpha value is -3.34. The fourth-order valence-electron chi connectivity index (χ4n) is 2.72. The van der Waals surface area contributed by atoms with Crippen molar-refractivity contribution in [3.05, 3.63) is 34.4 Å². The molecule has 144 valence electrons. The van der Waals surface area contributed by atoms with Gasteiger partial charge in [0.25, 0.3) is 5.91 Å². The van der Waals surface area contributed by atoms with Gasteiger partial charge in [0.05, 0.1) is 12.3 Å². The molecule has 2 aromatic heterocycles. The van der Waals surface area contributed by atoms with E-state index in [2.05, 4.69) is 36.5 Å². The van der Waals surface area contributed by atoms with Gasteiger partial charge >= 0.3 is 12.1 Å². The van der Waals surface area contributed by atoms with E-state index in [1.54, 1.807) is 6.07 Å². The Morgan fingerprint density at radius 1 is 1.21 bits per heavy atom. The van der Waals surface area contributed by atoms with E-state index in [9.17, 15) is 9.59 Å². The van der Waals surface area contributed by atoms with E-state index in [1.165, 1.54) is 12.1 Å². The molecular weight excluding hydrogens is 434 g/mol. The second-order valence-electron chi connectivity index (χ2n) is 5.88. The molecule has 2 amide bonds. The summed E-state index contributed by atoms with van der Waals surface area (Å²) in [6.07, 6.45) is -0.467. The van der Waals surface area contributed by atoms with Gasteiger partial charge in [0.2, 0.25) is 5.65 Å². The van der Waals surface area contributed by atoms with Crippen molar-refractivity contribution in [2.75, 3.05) is 29.1 Å². The maximum absolute atomic E-state index is 12.7. The molecule has 0 spiro atoms. The lowest BCUT2D eigenvalue weighted by Gasteiger charge is -2.15. The van der Waals surface area contributed by atoms with Crippen molar-refractivity contribution < 1.29 is 23.8 Å². The maximum Gasteiger partial charge on any atom is 0.412 e. The fraction of sp³-hybridized carbons (Fsp3) is 0.176. The monoisotopic (exact) mass is 447 g/mol. The molecule has 28 heavy (non-hydrogen) atoms. The molecule has 0 unspecified atom stereocenters. The van der Waals surface area contributed by atoms with Crippen molar-refractivity contribution in [2.45, 2.75) is 6.42 Å². The number of halogens is 1. The predicted molar refractivity (Wildman–Crippen MR) is 104 cm³/mol. The van der Waals surface area contributed by atoms with Crippen molar-refractivity contribution in [3.8, 4) is 5.75 Å². The van der Waals surface area contributed by atoms with Gasteiger partial charge in [0.1, 0.15) is 17.1 Å². The average Bonchev–Trinajstić information content (AvgIpc) is 2.87. The number of hydrogen-bond donors (Lipinski definition) is 4. The molecule has 0 aliphatic carbocycles. The van der Waals surface area contributed by atoms with Crippen LogP contribution in [0.1, 0.15) is 16.9 Å². The molecule has 4 N–H and O–H groups in total. The zero-order valence-corrected chi connectivity index (χ0v) is 15.9. The van der Waals surface area contributed by atoms with E-state index in [-0.39, 0.29) is 22.9 Å². The minimum Gasteiger partial charge on any atom is -0.491 e. The normalized spacial score (nSPS) is 13.0. The van der Waals surface area contributed by atoms with Gasteiger partial charge in [-0.15, -0.1) is 0 Å². The molecule has 4 rings (SSSR count). The average molecular weight is 448 g/mol. The Balaban J connectivity index is 1.62. The van der Waals surface area contributed by atoms with Crippen LogP contribution >= 0.6 is 15.9 Å². The fourth-order valence-corrected chi connectivity index (χ4v) is 3.16. The Bertz CT molecular complexity index is 1080. The van der Waals surface area contributed by atoms with E-state index in [0.717, 1.165) is 17.4 Å². The molecule has 10 nitrogen and oxygen atoms in total. The zero-order valence-electron chi connectivity index (χ0n) is 14.3. The van der Waals surface area contributed by atoms with Crippen LogP contribution in [0.5, 0.6) is 5.75 Å². The second kappa shape index (κ2) is 7.35. The van der Waals surface area contributed by atoms with Crippen LogP contribution in [0.2, 0.25) is 0 Å². The number of nitrogens with one attached hydrogen (secondary N) is 3. The van der Waals surface area contributed by atoms with Crippen LogP contribution in [-0.4, -0.2) is 40.2 Å². The third-order valence-corrected chi connectivity index (χ3v) is 4.35. The van der Waals surface area contributed by atoms with Crippen molar-refractivity contribution in [3.63, 3.8) is 0 Å². The highest BCUT2D eigenvalue weighted by Gasteiger charge is 2.18. The molecular formula is C17H14BrN5O5. The molecule has 0 radical (unpaired) electrons. The molecule has 1 aliphatic rings. The number of fused-ring (bicyclic) bond motifs is 2. The number of hydrogen-bond acceptors (Lipinski definition) is 7. The van der Waals surface area contributed by atoms with Gasteiger partial charge in [-0.2, -0.15) is 4.98 Å². The third-order valence-electron chi connectivity index (χ3n) is 3.90. The number of ether oxygens (including phenoxy) is 1. The molecule has 0 bridgehead atoms. The largest absolute Gasteiger partial charge is 0.491 e. The number of anilines is 3. The van der Waals surface area contributed by atoms with Crippen LogP contribution in [-0.2, 0) is 0 Å². The van der Waals surface area contributed by atoms with Crippen molar-refractivity contribution >= 4 is 56.5 Å². The number of rotatable bonds is 3. The Labute approximate surface area is 166 Å². The number of carbonyl (C=O) groups excluding carboxylic acids is 1. The van der Waals surface area contributed by atoms with Crippen LogP contribution in [0.4, 0.5) is 22.2 Å². The highest BCUT2D eigenvalue weighted by molar-refractivity contribution is 9.10. The highest BCUT2D eigenvalue weighted by atomic mass is 79.9. The van der Waals surface area contributed by atoms with Crippen LogP contribution < -0.4 is 20.7 Å². The molecule has 0 saturated carbocycles. The molecule has 0 atom stereocenters. The number of pyridine rings is 1. The molecule has 11 heteroatoms. The van der Waals surface area contributed by atoms with E-state index >= 15 is 0 Å². The number of benzene rings is 1. The quantitative estimate of drug-likeness (QED) is 0.478. The summed E-state index contributed by atoms with van der Waals surface area (Å²) < 4.78 is 11.7. The lowest BCUT2D eigenvalue weighted by atomic mass is 10.2. The Morgan fingerprint density at radius 3 is 2.89 bits per heavy atom. The van der Waals surface area contributed by atoms with Crippen LogP contribution in [0.3, 0.4) is 0 Å². The second-order valence-corrected chi connectivity index (χ2v) is 6.79. The van der Waals surface area contributed by atoms with E-state index in [1.807, 2.05) is 11.4 Å². The van der Waals surface area contributed by atoms with Gasteiger partial charge in [-0.3, -0.25) is 4.79 Å². The van der Waals surface area contributed by atoms with Crippen LogP contribution in [0.25, 0.3) is 11.2 Å². The summed E-state index contributed by atoms with van der Waals surface area (Å²) in [4.78, 5) is 31.4. The minimum absolute atomic E-state index is 0.103. The lowest BCUT2D eigenvalue weighted by molar-refractivity contribution is 0.102. The number of carbonyl (C=O) groups is 2. The molecule has 3 aromatic rings. The first-order valence-electron chi connectivity index (χ1n) is 8.29. The smallest absolute Gasteiger partial charge is 0.412 e. The number of nitrogens with zero attached hydrogens (tertiary/aromatic N) is 2. The number of aromatic nitrogens is 2. The summed E-state index contributed by atoms with van der Waals surface area (Å²) in [6, 6.07) is 6.35. The predicted octanol–water partition coefficient (Wildman–Crippen LogP) is 3.52. The highest BCUT2D eigenvalue weighted by Crippen LogP contribution is 2.38. The summed E-state index contributed by atoms with van der Waals surface area (Å²) in [5.41, 5.74) is 1.72. The molecule has 1 aromatic carbocycles. The SMILES string of the molecule is O=C(O)Nc1nc2nc(C(=O)Nc3cc(Br)cc4c3NCCCO4)ccc2o1. The molecule has 3 heterocycles. The van der Waals surface area contributed by atoms with Crippen LogP contribution in [0.15, 0.2) is 33.2 Å². The third kappa shape index (κ3) is 3.69. The number of carboxylic acid groups (broad SMARTS) is 1. The van der Waals surface area contributed by atoms with Gasteiger partial charge in [0, 0.05) is 11.0 Å². The number of oxazole rings is 1. The Kier molecular flexibility index (Phi) is 4.74. The zero-order chi connectivity index (χ0) is 19.7. The summed E-state index contributed by atoms with van der Waals surface area (Å²) in [6.45, 7) is 1.31. The topological polar surface area (TPSA) is 139 Å². The van der Waals surface area contributed by atoms with Crippen LogP contribution in [0, 0.1) is 0 Å². The first kappa shape index (κ1) is 18.0. The summed E-state index contributed by atoms with van der Waals surface area (Å²) >= 11 is 3.42. The molecule has 0 fully saturated rings. The summed E-state index contributed by atoms with van der Waals surface area (Å²) in [7, 11) is 0. The van der Waals surface area contributed by atoms with E-state index < -0.39 is 12.0 Å². The first-order chi connectivity index (χ1) is 13.5. The Morgan fingerprint density at radius 2 is 2.07 bits per heavy atom. The minimum atomic E-state index is -1.31. The lowest BCUT2D eigenvalue weighted by Crippen LogP contribution is -2.15. The van der Waals surface area contributed by atoms with Gasteiger partial charge in [-0.25, -0.2) is 15.1 Å². The summed E-state index contributed by atoms with van der Waals surface area (Å²) in [5, 5.41) is 16.8. The molecule has 0 saturated heterocycles. The van der Waals surface area contributed by atoms with Gasteiger partial charge in [0.15, 0.2) is 5.58 Å². The van der Waals surface area contributed by atoms with Gasteiger partial charge < -0.3 is 24.9 Å². The van der Waals surface area contributed by atoms with Gasteiger partial charge in [-0.1, -0.05) is 15.9 Å². The van der Waals surface area contributed by atoms with Crippen molar-refractivity contribution in [1.82, 2.24) is 9.97 Å². The van der Waals surface area contributed by atoms with E-state index in [0.29, 0.717) is 23.7 Å².